The number of carbonyl (C=O) groups excluding carboxylic acids is 1. The van der Waals surface area contributed by atoms with Gasteiger partial charge in [-0.1, -0.05) is 6.92 Å². The van der Waals surface area contributed by atoms with E-state index in [0.717, 1.165) is 18.7 Å². The summed E-state index contributed by atoms with van der Waals surface area (Å²) >= 11 is 0. The van der Waals surface area contributed by atoms with Crippen molar-refractivity contribution in [1.29, 1.82) is 0 Å². The number of hydrogen-bond acceptors (Lipinski definition) is 4. The van der Waals surface area contributed by atoms with Crippen LogP contribution in [0.3, 0.4) is 0 Å². The molecule has 1 N–H and O–H groups in total. The van der Waals surface area contributed by atoms with Crippen LogP contribution < -0.4 is 0 Å². The predicted molar refractivity (Wildman–Crippen MR) is 82.1 cm³/mol. The summed E-state index contributed by atoms with van der Waals surface area (Å²) in [6.07, 6.45) is 2.52. The second-order valence-corrected chi connectivity index (χ2v) is 6.06. The molecule has 0 aliphatic carbocycles. The normalized spacial score (nSPS) is 22.0. The van der Waals surface area contributed by atoms with Gasteiger partial charge in [0.05, 0.1) is 0 Å². The minimum absolute atomic E-state index is 0.0480. The lowest BCUT2D eigenvalue weighted by Crippen LogP contribution is -2.30. The lowest BCUT2D eigenvalue weighted by Gasteiger charge is -2.20. The largest absolute Gasteiger partial charge is 0.396 e. The number of aryl methyl sites for hydroxylation is 1. The molecule has 21 heavy (non-hydrogen) atoms. The lowest BCUT2D eigenvalue weighted by molar-refractivity contribution is 0.0779. The fraction of sp³-hybridized carbons (Fsp3) is 0.625. The molecule has 0 bridgehead atoms. The molecule has 1 amide bonds. The number of carbonyl (C=O) groups is 1. The second kappa shape index (κ2) is 7.00. The van der Waals surface area contributed by atoms with Crippen LogP contribution in [0, 0.1) is 11.8 Å². The summed E-state index contributed by atoms with van der Waals surface area (Å²) < 4.78 is 0. The number of rotatable bonds is 5. The van der Waals surface area contributed by atoms with Gasteiger partial charge in [-0.2, -0.15) is 0 Å². The molecular weight excluding hydrogens is 266 g/mol. The minimum Gasteiger partial charge on any atom is -0.396 e. The van der Waals surface area contributed by atoms with Crippen molar-refractivity contribution in [3.05, 3.63) is 29.6 Å². The van der Waals surface area contributed by atoms with E-state index >= 15 is 0 Å². The quantitative estimate of drug-likeness (QED) is 0.875. The number of pyridine rings is 1. The van der Waals surface area contributed by atoms with Gasteiger partial charge < -0.3 is 14.9 Å². The molecule has 1 aliphatic heterocycles. The van der Waals surface area contributed by atoms with Crippen LogP contribution in [0.2, 0.25) is 0 Å². The molecule has 1 saturated heterocycles. The van der Waals surface area contributed by atoms with Crippen LogP contribution in [0.1, 0.15) is 23.0 Å². The van der Waals surface area contributed by atoms with Crippen LogP contribution in [-0.4, -0.2) is 66.1 Å². The van der Waals surface area contributed by atoms with E-state index in [2.05, 4.69) is 9.88 Å². The second-order valence-electron chi connectivity index (χ2n) is 6.06. The smallest absolute Gasteiger partial charge is 0.253 e. The highest BCUT2D eigenvalue weighted by atomic mass is 16.3. The van der Waals surface area contributed by atoms with E-state index < -0.39 is 0 Å². The van der Waals surface area contributed by atoms with Gasteiger partial charge in [0.1, 0.15) is 0 Å². The Morgan fingerprint density at radius 1 is 1.43 bits per heavy atom. The molecule has 0 aromatic carbocycles. The van der Waals surface area contributed by atoms with E-state index in [4.69, 9.17) is 0 Å². The molecule has 1 aromatic heterocycles. The Bertz CT molecular complexity index is 490. The van der Waals surface area contributed by atoms with Gasteiger partial charge >= 0.3 is 0 Å². The number of amides is 1. The topological polar surface area (TPSA) is 56.7 Å². The van der Waals surface area contributed by atoms with Crippen molar-refractivity contribution in [3.8, 4) is 0 Å². The molecule has 2 atom stereocenters. The molecule has 5 heteroatoms. The molecule has 0 spiro atoms. The Morgan fingerprint density at radius 3 is 2.76 bits per heavy atom. The predicted octanol–water partition coefficient (Wildman–Crippen LogP) is 0.886. The molecule has 1 aliphatic rings. The zero-order valence-electron chi connectivity index (χ0n) is 13.1. The van der Waals surface area contributed by atoms with E-state index in [0.29, 0.717) is 24.6 Å². The van der Waals surface area contributed by atoms with Gasteiger partial charge in [-0.05, 0) is 38.6 Å². The standard InChI is InChI=1S/C16H25N3O2/c1-4-15-7-12(5-6-17-15)16(21)19-9-13(8-18(2)3)14(10-19)11-20/h5-7,13-14,20H,4,8-11H2,1-3H3/t13-,14-/m1/s1. The van der Waals surface area contributed by atoms with E-state index in [1.807, 2.05) is 32.0 Å². The molecular formula is C16H25N3O2. The van der Waals surface area contributed by atoms with Crippen molar-refractivity contribution < 1.29 is 9.90 Å². The molecule has 5 nitrogen and oxygen atoms in total. The Balaban J connectivity index is 2.09. The van der Waals surface area contributed by atoms with E-state index in [1.54, 1.807) is 12.3 Å². The van der Waals surface area contributed by atoms with Crippen molar-refractivity contribution >= 4 is 5.91 Å². The van der Waals surface area contributed by atoms with Crippen LogP contribution in [0.25, 0.3) is 0 Å². The summed E-state index contributed by atoms with van der Waals surface area (Å²) in [4.78, 5) is 20.8. The van der Waals surface area contributed by atoms with Crippen LogP contribution in [0.5, 0.6) is 0 Å². The minimum atomic E-state index is 0.0480. The number of nitrogens with zero attached hydrogens (tertiary/aromatic N) is 3. The van der Waals surface area contributed by atoms with Gasteiger partial charge in [-0.25, -0.2) is 0 Å². The van der Waals surface area contributed by atoms with E-state index in [1.165, 1.54) is 0 Å². The Labute approximate surface area is 126 Å². The van der Waals surface area contributed by atoms with E-state index in [9.17, 15) is 9.90 Å². The summed E-state index contributed by atoms with van der Waals surface area (Å²) in [5.74, 6) is 0.553. The van der Waals surface area contributed by atoms with Gasteiger partial charge in [-0.3, -0.25) is 9.78 Å². The first kappa shape index (κ1) is 15.9. The first-order chi connectivity index (χ1) is 10.0. The average Bonchev–Trinajstić information content (AvgIpc) is 2.88. The summed E-state index contributed by atoms with van der Waals surface area (Å²) in [7, 11) is 4.05. The van der Waals surface area contributed by atoms with Crippen molar-refractivity contribution in [2.24, 2.45) is 11.8 Å². The highest BCUT2D eigenvalue weighted by molar-refractivity contribution is 5.94. The lowest BCUT2D eigenvalue weighted by atomic mass is 9.97. The molecule has 2 rings (SSSR count). The van der Waals surface area contributed by atoms with Gasteiger partial charge in [0.2, 0.25) is 0 Å². The number of aliphatic hydroxyl groups is 1. The zero-order chi connectivity index (χ0) is 15.4. The van der Waals surface area contributed by atoms with Crippen molar-refractivity contribution in [1.82, 2.24) is 14.8 Å². The van der Waals surface area contributed by atoms with Crippen LogP contribution in [0.4, 0.5) is 0 Å². The molecule has 2 heterocycles. The maximum absolute atomic E-state index is 12.6. The molecule has 116 valence electrons. The Hall–Kier alpha value is -1.46. The number of likely N-dealkylation sites (tertiary alicyclic amines) is 1. The van der Waals surface area contributed by atoms with Gasteiger partial charge in [-0.15, -0.1) is 0 Å². The maximum Gasteiger partial charge on any atom is 0.253 e. The fourth-order valence-corrected chi connectivity index (χ4v) is 2.97. The number of aliphatic hydroxyl groups excluding tert-OH is 1. The first-order valence-corrected chi connectivity index (χ1v) is 7.55. The summed E-state index contributed by atoms with van der Waals surface area (Å²) in [5.41, 5.74) is 1.63. The maximum atomic E-state index is 12.6. The monoisotopic (exact) mass is 291 g/mol. The zero-order valence-corrected chi connectivity index (χ0v) is 13.1. The van der Waals surface area contributed by atoms with Crippen molar-refractivity contribution in [2.45, 2.75) is 13.3 Å². The fourth-order valence-electron chi connectivity index (χ4n) is 2.97. The number of hydrogen-bond donors (Lipinski definition) is 1. The van der Waals surface area contributed by atoms with Crippen LogP contribution >= 0.6 is 0 Å². The third-order valence-corrected chi connectivity index (χ3v) is 4.12. The summed E-state index contributed by atoms with van der Waals surface area (Å²) in [6, 6.07) is 3.64. The molecule has 0 unspecified atom stereocenters. The Kier molecular flexibility index (Phi) is 5.31. The number of aromatic nitrogens is 1. The highest BCUT2D eigenvalue weighted by Crippen LogP contribution is 2.25. The van der Waals surface area contributed by atoms with Gasteiger partial charge in [0, 0.05) is 49.6 Å². The average molecular weight is 291 g/mol. The molecule has 0 saturated carbocycles. The third-order valence-electron chi connectivity index (χ3n) is 4.12. The molecule has 1 aromatic rings. The Morgan fingerprint density at radius 2 is 2.14 bits per heavy atom. The van der Waals surface area contributed by atoms with Crippen molar-refractivity contribution in [2.75, 3.05) is 40.3 Å². The SMILES string of the molecule is CCc1cc(C(=O)N2C[C@@H](CN(C)C)[C@@H](CO)C2)ccn1. The molecule has 0 radical (unpaired) electrons. The van der Waals surface area contributed by atoms with Crippen LogP contribution in [-0.2, 0) is 6.42 Å². The van der Waals surface area contributed by atoms with Gasteiger partial charge in [0.25, 0.3) is 5.91 Å². The molecule has 1 fully saturated rings. The van der Waals surface area contributed by atoms with E-state index in [-0.39, 0.29) is 18.4 Å². The van der Waals surface area contributed by atoms with Crippen molar-refractivity contribution in [3.63, 3.8) is 0 Å². The summed E-state index contributed by atoms with van der Waals surface area (Å²) in [5, 5.41) is 9.54. The summed E-state index contributed by atoms with van der Waals surface area (Å²) in [6.45, 7) is 4.41. The van der Waals surface area contributed by atoms with Crippen LogP contribution in [0.15, 0.2) is 18.3 Å². The third kappa shape index (κ3) is 3.80. The first-order valence-electron chi connectivity index (χ1n) is 7.55. The van der Waals surface area contributed by atoms with Gasteiger partial charge in [0.15, 0.2) is 0 Å². The highest BCUT2D eigenvalue weighted by Gasteiger charge is 2.35.